The van der Waals surface area contributed by atoms with Gasteiger partial charge in [0.2, 0.25) is 11.8 Å². The van der Waals surface area contributed by atoms with Gasteiger partial charge < -0.3 is 25.6 Å². The number of anilines is 1. The van der Waals surface area contributed by atoms with Crippen LogP contribution < -0.4 is 20.9 Å². The molecule has 0 radical (unpaired) electrons. The second kappa shape index (κ2) is 13.0. The number of piperazine rings is 1. The summed E-state index contributed by atoms with van der Waals surface area (Å²) in [5.74, 6) is -0.321. The maximum atomic E-state index is 12.8. The molecule has 1 heterocycles. The largest absolute Gasteiger partial charge is 0.445 e. The molecule has 3 rings (SSSR count). The lowest BCUT2D eigenvalue weighted by Crippen LogP contribution is -2.60. The van der Waals surface area contributed by atoms with E-state index in [0.29, 0.717) is 19.4 Å². The topological polar surface area (TPSA) is 99.8 Å². The zero-order chi connectivity index (χ0) is 25.0. The number of nitrogens with one attached hydrogen (secondary N) is 3. The van der Waals surface area contributed by atoms with Gasteiger partial charge in [0.25, 0.3) is 0 Å². The van der Waals surface area contributed by atoms with Crippen molar-refractivity contribution in [1.29, 1.82) is 0 Å². The summed E-state index contributed by atoms with van der Waals surface area (Å²) in [7, 11) is 0. The van der Waals surface area contributed by atoms with Crippen LogP contribution in [0.1, 0.15) is 30.0 Å². The van der Waals surface area contributed by atoms with Crippen LogP contribution in [0.2, 0.25) is 0 Å². The molecule has 1 saturated heterocycles. The normalized spacial score (nSPS) is 15.9. The second-order valence-electron chi connectivity index (χ2n) is 8.19. The summed E-state index contributed by atoms with van der Waals surface area (Å²) >= 11 is 0. The first-order valence-electron chi connectivity index (χ1n) is 11.6. The predicted molar refractivity (Wildman–Crippen MR) is 136 cm³/mol. The number of benzene rings is 2. The van der Waals surface area contributed by atoms with Gasteiger partial charge in [-0.05, 0) is 36.1 Å². The summed E-state index contributed by atoms with van der Waals surface area (Å²) in [6.45, 7) is 8.39. The van der Waals surface area contributed by atoms with Crippen molar-refractivity contribution in [3.63, 3.8) is 0 Å². The molecule has 1 unspecified atom stereocenters. The zero-order valence-corrected chi connectivity index (χ0v) is 19.7. The zero-order valence-electron chi connectivity index (χ0n) is 19.7. The van der Waals surface area contributed by atoms with Gasteiger partial charge in [-0.3, -0.25) is 9.59 Å². The Labute approximate surface area is 206 Å². The summed E-state index contributed by atoms with van der Waals surface area (Å²) in [6, 6.07) is 16.0. The van der Waals surface area contributed by atoms with Gasteiger partial charge in [0.05, 0.1) is 12.6 Å². The van der Waals surface area contributed by atoms with E-state index in [9.17, 15) is 14.4 Å². The molecular weight excluding hydrogens is 444 g/mol. The Bertz CT molecular complexity index is 1040. The molecule has 2 aromatic carbocycles. The molecule has 8 nitrogen and oxygen atoms in total. The van der Waals surface area contributed by atoms with Gasteiger partial charge in [0.15, 0.2) is 0 Å². The molecule has 1 aliphatic heterocycles. The first kappa shape index (κ1) is 25.6. The molecule has 184 valence electrons. The highest BCUT2D eigenvalue weighted by atomic mass is 16.5. The Hall–Kier alpha value is -4.07. The van der Waals surface area contributed by atoms with Gasteiger partial charge in [-0.1, -0.05) is 54.6 Å². The minimum atomic E-state index is -0.547. The minimum Gasteiger partial charge on any atom is -0.445 e. The van der Waals surface area contributed by atoms with Crippen LogP contribution in [0.4, 0.5) is 10.5 Å². The fourth-order valence-electron chi connectivity index (χ4n) is 3.83. The molecule has 0 aliphatic carbocycles. The highest BCUT2D eigenvalue weighted by molar-refractivity contribution is 5.92. The molecule has 3 N–H and O–H groups in total. The maximum Gasteiger partial charge on any atom is 0.407 e. The molecule has 0 saturated carbocycles. The third kappa shape index (κ3) is 7.46. The van der Waals surface area contributed by atoms with Crippen LogP contribution in [0.15, 0.2) is 79.9 Å². The number of hydrogen-bond acceptors (Lipinski definition) is 5. The van der Waals surface area contributed by atoms with E-state index in [0.717, 1.165) is 16.8 Å². The smallest absolute Gasteiger partial charge is 0.407 e. The van der Waals surface area contributed by atoms with E-state index < -0.39 is 12.1 Å². The van der Waals surface area contributed by atoms with Crippen LogP contribution in [-0.2, 0) is 20.9 Å². The standard InChI is InChI=1S/C27H32N4O4/c1-3-5-15-28-26(33)24-17-29-25(32)18-31(24)22-14-9-13-21(16-22)23(10-4-2)30-27(34)35-19-20-11-7-6-8-12-20/h3-4,6-9,11-14,16,23-24H,1-2,5,10,15,17-19H2,(H,28,33)(H,29,32)(H,30,34)/t23-,24?/m0/s1. The molecule has 0 aromatic heterocycles. The van der Waals surface area contributed by atoms with Crippen molar-refractivity contribution in [2.75, 3.05) is 24.5 Å². The fraction of sp³-hybridized carbons (Fsp3) is 0.296. The SMILES string of the molecule is C=CCCNC(=O)C1CNC(=O)CN1c1cccc([C@H](CC=C)NC(=O)OCc2ccccc2)c1. The minimum absolute atomic E-state index is 0.0572. The van der Waals surface area contributed by atoms with E-state index in [1.54, 1.807) is 17.1 Å². The quantitative estimate of drug-likeness (QED) is 0.342. The molecule has 3 amide bonds. The van der Waals surface area contributed by atoms with Crippen molar-refractivity contribution in [2.24, 2.45) is 0 Å². The Morgan fingerprint density at radius 3 is 2.69 bits per heavy atom. The van der Waals surface area contributed by atoms with Crippen molar-refractivity contribution in [2.45, 2.75) is 31.5 Å². The lowest BCUT2D eigenvalue weighted by molar-refractivity contribution is -0.125. The van der Waals surface area contributed by atoms with Gasteiger partial charge in [0.1, 0.15) is 12.6 Å². The summed E-state index contributed by atoms with van der Waals surface area (Å²) < 4.78 is 5.37. The van der Waals surface area contributed by atoms with E-state index in [1.165, 1.54) is 0 Å². The number of rotatable bonds is 11. The predicted octanol–water partition coefficient (Wildman–Crippen LogP) is 3.23. The van der Waals surface area contributed by atoms with Crippen molar-refractivity contribution < 1.29 is 19.1 Å². The number of carbonyl (C=O) groups is 3. The molecule has 0 bridgehead atoms. The van der Waals surface area contributed by atoms with Crippen LogP contribution in [0, 0.1) is 0 Å². The summed E-state index contributed by atoms with van der Waals surface area (Å²) in [6.07, 6.45) is 4.06. The summed E-state index contributed by atoms with van der Waals surface area (Å²) in [4.78, 5) is 39.2. The third-order valence-electron chi connectivity index (χ3n) is 5.64. The van der Waals surface area contributed by atoms with E-state index in [1.807, 2.05) is 54.6 Å². The number of nitrogens with zero attached hydrogens (tertiary/aromatic N) is 1. The van der Waals surface area contributed by atoms with Crippen LogP contribution in [0.5, 0.6) is 0 Å². The molecule has 0 spiro atoms. The molecular formula is C27H32N4O4. The van der Waals surface area contributed by atoms with Crippen LogP contribution in [0.3, 0.4) is 0 Å². The van der Waals surface area contributed by atoms with Crippen molar-refractivity contribution in [3.05, 3.63) is 91.0 Å². The van der Waals surface area contributed by atoms with Crippen LogP contribution in [0.25, 0.3) is 0 Å². The van der Waals surface area contributed by atoms with Crippen molar-refractivity contribution in [3.8, 4) is 0 Å². The Morgan fingerprint density at radius 1 is 1.14 bits per heavy atom. The Morgan fingerprint density at radius 2 is 1.94 bits per heavy atom. The third-order valence-corrected chi connectivity index (χ3v) is 5.64. The number of alkyl carbamates (subject to hydrolysis) is 1. The van der Waals surface area contributed by atoms with Crippen LogP contribution in [-0.4, -0.2) is 43.6 Å². The molecule has 1 aliphatic rings. The molecule has 35 heavy (non-hydrogen) atoms. The summed E-state index contributed by atoms with van der Waals surface area (Å²) in [5, 5.41) is 8.55. The van der Waals surface area contributed by atoms with Gasteiger partial charge in [-0.15, -0.1) is 13.2 Å². The molecule has 1 fully saturated rings. The average Bonchev–Trinajstić information content (AvgIpc) is 2.88. The highest BCUT2D eigenvalue weighted by Gasteiger charge is 2.32. The molecule has 2 atom stereocenters. The first-order chi connectivity index (χ1) is 17.0. The Kier molecular flexibility index (Phi) is 9.48. The van der Waals surface area contributed by atoms with Crippen molar-refractivity contribution >= 4 is 23.6 Å². The summed E-state index contributed by atoms with van der Waals surface area (Å²) in [5.41, 5.74) is 2.43. The van der Waals surface area contributed by atoms with Gasteiger partial charge in [-0.25, -0.2) is 4.79 Å². The lowest BCUT2D eigenvalue weighted by Gasteiger charge is -2.36. The van der Waals surface area contributed by atoms with Gasteiger partial charge >= 0.3 is 6.09 Å². The highest BCUT2D eigenvalue weighted by Crippen LogP contribution is 2.25. The van der Waals surface area contributed by atoms with Gasteiger partial charge in [0, 0.05) is 18.8 Å². The van der Waals surface area contributed by atoms with E-state index in [4.69, 9.17) is 4.74 Å². The monoisotopic (exact) mass is 476 g/mol. The fourth-order valence-corrected chi connectivity index (χ4v) is 3.83. The van der Waals surface area contributed by atoms with E-state index >= 15 is 0 Å². The number of ether oxygens (including phenoxy) is 1. The van der Waals surface area contributed by atoms with Crippen molar-refractivity contribution in [1.82, 2.24) is 16.0 Å². The van der Waals surface area contributed by atoms with E-state index in [2.05, 4.69) is 29.1 Å². The first-order valence-corrected chi connectivity index (χ1v) is 11.6. The average molecular weight is 477 g/mol. The van der Waals surface area contributed by atoms with Crippen LogP contribution >= 0.6 is 0 Å². The van der Waals surface area contributed by atoms with E-state index in [-0.39, 0.29) is 37.6 Å². The van der Waals surface area contributed by atoms with Gasteiger partial charge in [-0.2, -0.15) is 0 Å². The number of amides is 3. The maximum absolute atomic E-state index is 12.8. The molecule has 8 heteroatoms. The number of hydrogen-bond donors (Lipinski definition) is 3. The Balaban J connectivity index is 1.73. The second-order valence-corrected chi connectivity index (χ2v) is 8.19. The lowest BCUT2D eigenvalue weighted by atomic mass is 10.0. The number of carbonyl (C=O) groups excluding carboxylic acids is 3. The molecule has 2 aromatic rings.